The van der Waals surface area contributed by atoms with Crippen molar-refractivity contribution in [2.24, 2.45) is 11.1 Å². The minimum atomic E-state index is -0.674. The average molecular weight is 625 g/mol. The van der Waals surface area contributed by atoms with Gasteiger partial charge in [-0.15, -0.1) is 0 Å². The average Bonchev–Trinajstić information content (AvgIpc) is 2.88. The molecule has 9 heteroatoms. The highest BCUT2D eigenvalue weighted by Crippen LogP contribution is 2.51. The SMILES string of the molecule is Cc1cc(COc2ccc(F)cc2Cl)c(C)c(C2C(C#N)=C(N)N(c3cc(Cl)cc(Cl)c3)C3=C2C(=O)CC(C)(C)C3)c1. The van der Waals surface area contributed by atoms with Crippen molar-refractivity contribution in [2.75, 3.05) is 4.90 Å². The topological polar surface area (TPSA) is 79.3 Å². The number of Topliss-reactive ketones (excluding diaryl/α,β-unsaturated/α-hetero) is 1. The molecule has 0 spiro atoms. The number of aryl methyl sites for hydroxylation is 1. The van der Waals surface area contributed by atoms with Crippen LogP contribution in [0.25, 0.3) is 0 Å². The van der Waals surface area contributed by atoms with E-state index in [0.717, 1.165) is 28.0 Å². The molecule has 2 N–H and O–H groups in total. The van der Waals surface area contributed by atoms with Gasteiger partial charge in [-0.25, -0.2) is 4.39 Å². The van der Waals surface area contributed by atoms with Gasteiger partial charge in [0.1, 0.15) is 24.0 Å². The van der Waals surface area contributed by atoms with Crippen LogP contribution in [0, 0.1) is 36.4 Å². The predicted octanol–water partition coefficient (Wildman–Crippen LogP) is 8.92. The molecule has 0 saturated carbocycles. The molecule has 0 fully saturated rings. The zero-order valence-corrected chi connectivity index (χ0v) is 25.9. The van der Waals surface area contributed by atoms with E-state index < -0.39 is 11.7 Å². The normalized spacial score (nSPS) is 18.2. The number of ketones is 1. The molecular formula is C33H29Cl3FN3O2. The fraction of sp³-hybridized carbons (Fsp3) is 0.273. The number of benzene rings is 3. The van der Waals surface area contributed by atoms with Crippen molar-refractivity contribution in [3.05, 3.63) is 114 Å². The van der Waals surface area contributed by atoms with Gasteiger partial charge in [-0.05, 0) is 78.8 Å². The number of rotatable bonds is 5. The molecule has 1 atom stereocenters. The van der Waals surface area contributed by atoms with Crippen LogP contribution >= 0.6 is 34.8 Å². The van der Waals surface area contributed by atoms with Gasteiger partial charge in [0.15, 0.2) is 5.78 Å². The van der Waals surface area contributed by atoms with Crippen molar-refractivity contribution in [2.45, 2.75) is 53.1 Å². The molecule has 0 bridgehead atoms. The van der Waals surface area contributed by atoms with Gasteiger partial charge in [-0.3, -0.25) is 9.69 Å². The van der Waals surface area contributed by atoms with Crippen LogP contribution in [-0.4, -0.2) is 5.78 Å². The van der Waals surface area contributed by atoms with Crippen LogP contribution in [0.15, 0.2) is 71.2 Å². The fourth-order valence-electron chi connectivity index (χ4n) is 5.94. The fourth-order valence-corrected chi connectivity index (χ4v) is 6.68. The molecule has 5 rings (SSSR count). The summed E-state index contributed by atoms with van der Waals surface area (Å²) in [6, 6.07) is 15.3. The van der Waals surface area contributed by atoms with E-state index in [1.807, 2.05) is 39.8 Å². The van der Waals surface area contributed by atoms with Gasteiger partial charge in [-0.2, -0.15) is 5.26 Å². The Morgan fingerprint density at radius 1 is 1.07 bits per heavy atom. The minimum absolute atomic E-state index is 0.0403. The van der Waals surface area contributed by atoms with Crippen LogP contribution in [0.2, 0.25) is 15.1 Å². The second-order valence-electron chi connectivity index (χ2n) is 11.6. The van der Waals surface area contributed by atoms with Crippen LogP contribution in [0.4, 0.5) is 10.1 Å². The third-order valence-electron chi connectivity index (χ3n) is 7.77. The predicted molar refractivity (Wildman–Crippen MR) is 165 cm³/mol. The Morgan fingerprint density at radius 3 is 2.40 bits per heavy atom. The summed E-state index contributed by atoms with van der Waals surface area (Å²) in [6.45, 7) is 8.12. The van der Waals surface area contributed by atoms with Crippen LogP contribution in [0.5, 0.6) is 5.75 Å². The molecular weight excluding hydrogens is 596 g/mol. The van der Waals surface area contributed by atoms with E-state index in [9.17, 15) is 14.4 Å². The largest absolute Gasteiger partial charge is 0.487 e. The molecule has 1 aliphatic carbocycles. The summed E-state index contributed by atoms with van der Waals surface area (Å²) in [5, 5.41) is 11.5. The first kappa shape index (κ1) is 30.0. The molecule has 0 amide bonds. The zero-order chi connectivity index (χ0) is 30.5. The summed E-state index contributed by atoms with van der Waals surface area (Å²) >= 11 is 18.9. The summed E-state index contributed by atoms with van der Waals surface area (Å²) in [5.74, 6) is -0.591. The summed E-state index contributed by atoms with van der Waals surface area (Å²) in [5.41, 5.74) is 12.0. The maximum Gasteiger partial charge on any atom is 0.162 e. The summed E-state index contributed by atoms with van der Waals surface area (Å²) in [6.07, 6.45) is 0.882. The van der Waals surface area contributed by atoms with E-state index in [-0.39, 0.29) is 34.2 Å². The van der Waals surface area contributed by atoms with Crippen molar-refractivity contribution in [3.63, 3.8) is 0 Å². The number of ether oxygens (including phenoxy) is 1. The molecule has 5 nitrogen and oxygen atoms in total. The lowest BCUT2D eigenvalue weighted by Gasteiger charge is -2.44. The standard InChI is InChI=1S/C33H29Cl3FN3O2/c1-17-7-19(16-42-29-6-5-22(37)12-26(29)36)18(2)24(8-17)30-25(15-38)32(39)40(23-10-20(34)9-21(35)11-23)27-13-33(3,4)14-28(41)31(27)30/h5-12,30H,13-14,16,39H2,1-4H3. The maximum atomic E-state index is 14.0. The lowest BCUT2D eigenvalue weighted by atomic mass is 9.68. The number of carbonyl (C=O) groups is 1. The highest BCUT2D eigenvalue weighted by Gasteiger charge is 2.45. The molecule has 3 aromatic carbocycles. The summed E-state index contributed by atoms with van der Waals surface area (Å²) < 4.78 is 19.5. The number of nitriles is 1. The van der Waals surface area contributed by atoms with E-state index in [0.29, 0.717) is 39.9 Å². The van der Waals surface area contributed by atoms with E-state index in [4.69, 9.17) is 45.3 Å². The number of halogens is 4. The lowest BCUT2D eigenvalue weighted by molar-refractivity contribution is -0.118. The molecule has 1 unspecified atom stereocenters. The Kier molecular flexibility index (Phi) is 8.06. The zero-order valence-electron chi connectivity index (χ0n) is 23.6. The Bertz CT molecular complexity index is 1720. The smallest absolute Gasteiger partial charge is 0.162 e. The van der Waals surface area contributed by atoms with Crippen LogP contribution in [0.1, 0.15) is 54.9 Å². The van der Waals surface area contributed by atoms with Gasteiger partial charge in [0.2, 0.25) is 0 Å². The van der Waals surface area contributed by atoms with Gasteiger partial charge in [0.25, 0.3) is 0 Å². The summed E-state index contributed by atoms with van der Waals surface area (Å²) in [7, 11) is 0. The molecule has 42 heavy (non-hydrogen) atoms. The highest BCUT2D eigenvalue weighted by atomic mass is 35.5. The molecule has 1 heterocycles. The maximum absolute atomic E-state index is 14.0. The monoisotopic (exact) mass is 623 g/mol. The van der Waals surface area contributed by atoms with Crippen molar-refractivity contribution in [1.82, 2.24) is 0 Å². The quantitative estimate of drug-likeness (QED) is 0.307. The molecule has 1 aliphatic heterocycles. The molecule has 2 aliphatic rings. The van der Waals surface area contributed by atoms with Gasteiger partial charge in [0, 0.05) is 27.7 Å². The van der Waals surface area contributed by atoms with E-state index in [2.05, 4.69) is 6.07 Å². The Balaban J connectivity index is 1.68. The van der Waals surface area contributed by atoms with Gasteiger partial charge >= 0.3 is 0 Å². The van der Waals surface area contributed by atoms with Crippen molar-refractivity contribution in [3.8, 4) is 11.8 Å². The van der Waals surface area contributed by atoms with E-state index in [1.54, 1.807) is 23.1 Å². The minimum Gasteiger partial charge on any atom is -0.487 e. The number of hydrogen-bond acceptors (Lipinski definition) is 5. The molecule has 0 radical (unpaired) electrons. The number of nitrogens with zero attached hydrogens (tertiary/aromatic N) is 2. The second kappa shape index (κ2) is 11.3. The Labute approximate surface area is 259 Å². The Hall–Kier alpha value is -3.50. The summed E-state index contributed by atoms with van der Waals surface area (Å²) in [4.78, 5) is 15.7. The molecule has 216 valence electrons. The van der Waals surface area contributed by atoms with Crippen LogP contribution in [-0.2, 0) is 11.4 Å². The third kappa shape index (κ3) is 5.62. The van der Waals surface area contributed by atoms with Crippen molar-refractivity contribution < 1.29 is 13.9 Å². The van der Waals surface area contributed by atoms with Gasteiger partial charge < -0.3 is 10.5 Å². The second-order valence-corrected chi connectivity index (χ2v) is 12.9. The number of carbonyl (C=O) groups excluding carboxylic acids is 1. The number of allylic oxidation sites excluding steroid dienone is 3. The van der Waals surface area contributed by atoms with E-state index in [1.165, 1.54) is 18.2 Å². The molecule has 3 aromatic rings. The van der Waals surface area contributed by atoms with Crippen molar-refractivity contribution >= 4 is 46.3 Å². The Morgan fingerprint density at radius 2 is 1.76 bits per heavy atom. The first-order valence-electron chi connectivity index (χ1n) is 13.4. The van der Waals surface area contributed by atoms with Crippen LogP contribution < -0.4 is 15.4 Å². The lowest BCUT2D eigenvalue weighted by Crippen LogP contribution is -2.42. The van der Waals surface area contributed by atoms with Gasteiger partial charge in [0.05, 0.1) is 28.3 Å². The third-order valence-corrected chi connectivity index (χ3v) is 8.51. The first-order chi connectivity index (χ1) is 19.8. The number of nitrogens with two attached hydrogens (primary N) is 1. The highest BCUT2D eigenvalue weighted by molar-refractivity contribution is 6.35. The van der Waals surface area contributed by atoms with Crippen molar-refractivity contribution in [1.29, 1.82) is 5.26 Å². The van der Waals surface area contributed by atoms with E-state index >= 15 is 0 Å². The first-order valence-corrected chi connectivity index (χ1v) is 14.5. The number of anilines is 1. The van der Waals surface area contributed by atoms with Gasteiger partial charge in [-0.1, -0.05) is 66.3 Å². The van der Waals surface area contributed by atoms with Crippen LogP contribution in [0.3, 0.4) is 0 Å². The number of hydrogen-bond donors (Lipinski definition) is 1. The molecule has 0 aromatic heterocycles. The molecule has 0 saturated heterocycles.